The smallest absolute Gasteiger partial charge is 0.419 e. The molecule has 9 nitrogen and oxygen atoms in total. The number of piperidine rings is 1. The summed E-state index contributed by atoms with van der Waals surface area (Å²) < 4.78 is 44.0. The molecule has 2 fully saturated rings. The molecule has 1 aliphatic carbocycles. The molecular weight excluding hydrogens is 573 g/mol. The Hall–Kier alpha value is -3.41. The molecule has 2 heterocycles. The number of aryl methyl sites for hydroxylation is 1. The van der Waals surface area contributed by atoms with Crippen LogP contribution in [-0.4, -0.2) is 67.0 Å². The van der Waals surface area contributed by atoms with E-state index in [-0.39, 0.29) is 35.4 Å². The van der Waals surface area contributed by atoms with E-state index < -0.39 is 11.7 Å². The molecule has 0 spiro atoms. The van der Waals surface area contributed by atoms with Crippen LogP contribution in [-0.2, 0) is 11.0 Å². The molecular formula is C32H49F3N6O3. The summed E-state index contributed by atoms with van der Waals surface area (Å²) in [6.07, 6.45) is 5.45. The van der Waals surface area contributed by atoms with Crippen LogP contribution < -0.4 is 20.7 Å². The van der Waals surface area contributed by atoms with Crippen molar-refractivity contribution in [3.8, 4) is 5.75 Å². The number of amides is 2. The van der Waals surface area contributed by atoms with Crippen molar-refractivity contribution in [1.29, 1.82) is 0 Å². The highest BCUT2D eigenvalue weighted by molar-refractivity contribution is 5.95. The summed E-state index contributed by atoms with van der Waals surface area (Å²) in [7, 11) is 5.14. The Morgan fingerprint density at radius 2 is 1.70 bits per heavy atom. The fourth-order valence-electron chi connectivity index (χ4n) is 4.88. The third-order valence-corrected chi connectivity index (χ3v) is 7.71. The van der Waals surface area contributed by atoms with E-state index in [0.29, 0.717) is 17.0 Å². The van der Waals surface area contributed by atoms with Crippen LogP contribution in [0.5, 0.6) is 5.75 Å². The van der Waals surface area contributed by atoms with Crippen LogP contribution >= 0.6 is 0 Å². The molecule has 246 valence electrons. The summed E-state index contributed by atoms with van der Waals surface area (Å²) in [6, 6.07) is 4.93. The number of nitrogens with one attached hydrogen (secondary N) is 3. The molecule has 2 aliphatic rings. The van der Waals surface area contributed by atoms with E-state index in [1.54, 1.807) is 25.2 Å². The normalized spacial score (nSPS) is 16.2. The number of aromatic nitrogens is 2. The monoisotopic (exact) mass is 622 g/mol. The van der Waals surface area contributed by atoms with E-state index in [1.165, 1.54) is 46.1 Å². The molecule has 0 bridgehead atoms. The molecule has 2 amide bonds. The maximum absolute atomic E-state index is 12.9. The second kappa shape index (κ2) is 17.8. The number of methoxy groups -OCH3 is 1. The first-order chi connectivity index (χ1) is 20.7. The molecule has 1 aromatic heterocycles. The first-order valence-corrected chi connectivity index (χ1v) is 15.3. The second-order valence-corrected chi connectivity index (χ2v) is 11.8. The van der Waals surface area contributed by atoms with Gasteiger partial charge in [0.1, 0.15) is 5.75 Å². The lowest BCUT2D eigenvalue weighted by Gasteiger charge is -2.29. The predicted molar refractivity (Wildman–Crippen MR) is 167 cm³/mol. The van der Waals surface area contributed by atoms with Gasteiger partial charge < -0.3 is 25.6 Å². The van der Waals surface area contributed by atoms with Crippen molar-refractivity contribution in [3.63, 3.8) is 0 Å². The molecule has 1 aromatic carbocycles. The number of nitrogens with zero attached hydrogens (tertiary/aromatic N) is 3. The number of hydrogen-bond acceptors (Lipinski definition) is 7. The van der Waals surface area contributed by atoms with Crippen molar-refractivity contribution in [2.24, 2.45) is 11.8 Å². The van der Waals surface area contributed by atoms with Crippen molar-refractivity contribution in [1.82, 2.24) is 25.5 Å². The molecule has 0 atom stereocenters. The van der Waals surface area contributed by atoms with Gasteiger partial charge in [0.2, 0.25) is 11.9 Å². The molecule has 1 aliphatic heterocycles. The lowest BCUT2D eigenvalue weighted by atomic mass is 9.91. The highest BCUT2D eigenvalue weighted by Crippen LogP contribution is 2.32. The van der Waals surface area contributed by atoms with Crippen LogP contribution in [0.15, 0.2) is 24.4 Å². The number of benzene rings is 1. The van der Waals surface area contributed by atoms with Gasteiger partial charge in [-0.15, -0.1) is 0 Å². The third-order valence-electron chi connectivity index (χ3n) is 7.71. The lowest BCUT2D eigenvalue weighted by Crippen LogP contribution is -2.43. The van der Waals surface area contributed by atoms with Crippen molar-refractivity contribution in [3.05, 3.63) is 41.2 Å². The van der Waals surface area contributed by atoms with E-state index in [9.17, 15) is 22.8 Å². The number of carbonyl (C=O) groups is 2. The SMILES string of the molecule is CC1CCCCC1.CNC(=O)C(C)C.COc1cc(C(=O)NC2CCN(C)CC2)ccc1Nc1ncc(C(F)(F)F)c(C)n1. The zero-order chi connectivity index (χ0) is 32.9. The summed E-state index contributed by atoms with van der Waals surface area (Å²) in [5.41, 5.74) is -0.206. The standard InChI is InChI=1S/C20H24F3N5O2.C7H14.C5H11NO/c1-12-15(20(21,22)23)11-24-19(25-12)27-16-5-4-13(10-17(16)30-3)18(29)26-14-6-8-28(2)9-7-14;1-7-5-3-2-4-6-7;1-4(2)5(7)6-3/h4-5,10-11,14H,6-9H2,1-3H3,(H,26,29)(H,24,25,27);7H,2-6H2,1H3;4H,1-3H3,(H,6,7). The van der Waals surface area contributed by atoms with Crippen LogP contribution in [0.3, 0.4) is 0 Å². The van der Waals surface area contributed by atoms with Gasteiger partial charge in [0.15, 0.2) is 0 Å². The van der Waals surface area contributed by atoms with E-state index in [0.717, 1.165) is 38.0 Å². The van der Waals surface area contributed by atoms with Gasteiger partial charge >= 0.3 is 6.18 Å². The van der Waals surface area contributed by atoms with Crippen LogP contribution in [0.1, 0.15) is 87.3 Å². The minimum atomic E-state index is -4.51. The van der Waals surface area contributed by atoms with Crippen LogP contribution in [0.25, 0.3) is 0 Å². The largest absolute Gasteiger partial charge is 0.495 e. The van der Waals surface area contributed by atoms with Crippen LogP contribution in [0, 0.1) is 18.8 Å². The van der Waals surface area contributed by atoms with Crippen molar-refractivity contribution >= 4 is 23.5 Å². The van der Waals surface area contributed by atoms with Crippen molar-refractivity contribution in [2.45, 2.75) is 84.9 Å². The molecule has 0 radical (unpaired) electrons. The Morgan fingerprint density at radius 1 is 1.07 bits per heavy atom. The van der Waals surface area contributed by atoms with Crippen LogP contribution in [0.4, 0.5) is 24.8 Å². The van der Waals surface area contributed by atoms with Gasteiger partial charge in [-0.1, -0.05) is 52.9 Å². The lowest BCUT2D eigenvalue weighted by molar-refractivity contribution is -0.138. The van der Waals surface area contributed by atoms with Crippen LogP contribution in [0.2, 0.25) is 0 Å². The number of likely N-dealkylation sites (tertiary alicyclic amines) is 1. The fourth-order valence-corrected chi connectivity index (χ4v) is 4.88. The predicted octanol–water partition coefficient (Wildman–Crippen LogP) is 6.36. The van der Waals surface area contributed by atoms with Crippen molar-refractivity contribution < 1.29 is 27.5 Å². The maximum atomic E-state index is 12.9. The quantitative estimate of drug-likeness (QED) is 0.344. The molecule has 0 unspecified atom stereocenters. The van der Waals surface area contributed by atoms with E-state index in [1.807, 2.05) is 13.8 Å². The highest BCUT2D eigenvalue weighted by atomic mass is 19.4. The molecule has 4 rings (SSSR count). The average molecular weight is 623 g/mol. The molecule has 12 heteroatoms. The Morgan fingerprint density at radius 3 is 2.16 bits per heavy atom. The van der Waals surface area contributed by atoms with Gasteiger partial charge in [-0.05, 0) is 64.0 Å². The summed E-state index contributed by atoms with van der Waals surface area (Å²) in [5, 5.41) is 8.40. The minimum absolute atomic E-state index is 0.00215. The Balaban J connectivity index is 0.000000396. The van der Waals surface area contributed by atoms with Gasteiger partial charge in [-0.2, -0.15) is 13.2 Å². The average Bonchev–Trinajstić information content (AvgIpc) is 2.98. The molecule has 1 saturated carbocycles. The number of halogens is 3. The van der Waals surface area contributed by atoms with Gasteiger partial charge in [0.25, 0.3) is 5.91 Å². The van der Waals surface area contributed by atoms with Crippen molar-refractivity contribution in [2.75, 3.05) is 39.6 Å². The third kappa shape index (κ3) is 12.3. The second-order valence-electron chi connectivity index (χ2n) is 11.8. The topological polar surface area (TPSA) is 108 Å². The summed E-state index contributed by atoms with van der Waals surface area (Å²) >= 11 is 0. The summed E-state index contributed by atoms with van der Waals surface area (Å²) in [4.78, 5) is 32.8. The minimum Gasteiger partial charge on any atom is -0.495 e. The number of carbonyl (C=O) groups excluding carboxylic acids is 2. The zero-order valence-corrected chi connectivity index (χ0v) is 27.1. The molecule has 3 N–H and O–H groups in total. The Bertz CT molecular complexity index is 1190. The fraction of sp³-hybridized carbons (Fsp3) is 0.625. The highest BCUT2D eigenvalue weighted by Gasteiger charge is 2.33. The Kier molecular flexibility index (Phi) is 14.9. The summed E-state index contributed by atoms with van der Waals surface area (Å²) in [5.74, 6) is 1.41. The summed E-state index contributed by atoms with van der Waals surface area (Å²) in [6.45, 7) is 9.22. The number of anilines is 2. The van der Waals surface area contributed by atoms with Gasteiger partial charge in [-0.3, -0.25) is 9.59 Å². The number of ether oxygens (including phenoxy) is 1. The first kappa shape index (κ1) is 36.8. The Labute approximate surface area is 259 Å². The number of rotatable bonds is 6. The molecule has 1 saturated heterocycles. The van der Waals surface area contributed by atoms with E-state index in [4.69, 9.17) is 4.74 Å². The van der Waals surface area contributed by atoms with E-state index in [2.05, 4.69) is 44.8 Å². The number of hydrogen-bond donors (Lipinski definition) is 3. The molecule has 44 heavy (non-hydrogen) atoms. The molecule has 2 aromatic rings. The maximum Gasteiger partial charge on any atom is 0.419 e. The number of alkyl halides is 3. The van der Waals surface area contributed by atoms with Gasteiger partial charge in [0.05, 0.1) is 24.1 Å². The zero-order valence-electron chi connectivity index (χ0n) is 27.1. The first-order valence-electron chi connectivity index (χ1n) is 15.3. The van der Waals surface area contributed by atoms with Gasteiger partial charge in [0, 0.05) is 30.8 Å². The van der Waals surface area contributed by atoms with Gasteiger partial charge in [-0.25, -0.2) is 9.97 Å². The van der Waals surface area contributed by atoms with E-state index >= 15 is 0 Å².